The third-order valence-electron chi connectivity index (χ3n) is 2.36. The Labute approximate surface area is 108 Å². The van der Waals surface area contributed by atoms with Crippen LogP contribution in [0.4, 0.5) is 5.82 Å². The molecule has 1 N–H and O–H groups in total. The van der Waals surface area contributed by atoms with Crippen molar-refractivity contribution in [3.63, 3.8) is 0 Å². The van der Waals surface area contributed by atoms with Crippen molar-refractivity contribution in [3.05, 3.63) is 18.3 Å². The predicted molar refractivity (Wildman–Crippen MR) is 71.8 cm³/mol. The lowest BCUT2D eigenvalue weighted by atomic mass is 10.3. The van der Waals surface area contributed by atoms with Gasteiger partial charge in [-0.25, -0.2) is 4.98 Å². The van der Waals surface area contributed by atoms with Gasteiger partial charge in [-0.3, -0.25) is 4.79 Å². The number of anilines is 1. The zero-order valence-electron chi connectivity index (χ0n) is 11.3. The fourth-order valence-electron chi connectivity index (χ4n) is 1.36. The lowest BCUT2D eigenvalue weighted by Crippen LogP contribution is -2.24. The Balaban J connectivity index is 2.48. The monoisotopic (exact) mass is 251 g/mol. The number of rotatable bonds is 7. The molecule has 0 radical (unpaired) electrons. The number of carbonyl (C=O) groups is 1. The van der Waals surface area contributed by atoms with Gasteiger partial charge in [0.15, 0.2) is 11.6 Å². The maximum Gasteiger partial charge on any atom is 0.223 e. The van der Waals surface area contributed by atoms with E-state index in [4.69, 9.17) is 4.74 Å². The summed E-state index contributed by atoms with van der Waals surface area (Å²) in [4.78, 5) is 17.2. The maximum absolute atomic E-state index is 11.4. The first-order valence-corrected chi connectivity index (χ1v) is 6.17. The van der Waals surface area contributed by atoms with E-state index in [0.717, 1.165) is 12.2 Å². The summed E-state index contributed by atoms with van der Waals surface area (Å²) in [6, 6.07) is 3.71. The average molecular weight is 251 g/mol. The van der Waals surface area contributed by atoms with E-state index in [1.807, 2.05) is 12.1 Å². The molecule has 0 aromatic carbocycles. The molecule has 0 atom stereocenters. The minimum atomic E-state index is 0.0921. The average Bonchev–Trinajstić information content (AvgIpc) is 2.37. The lowest BCUT2D eigenvalue weighted by Gasteiger charge is -2.13. The molecular formula is C13H21N3O2. The van der Waals surface area contributed by atoms with E-state index in [1.54, 1.807) is 25.2 Å². The molecule has 0 bridgehead atoms. The fraction of sp³-hybridized carbons (Fsp3) is 0.538. The topological polar surface area (TPSA) is 54.5 Å². The van der Waals surface area contributed by atoms with Gasteiger partial charge in [0.1, 0.15) is 0 Å². The van der Waals surface area contributed by atoms with Gasteiger partial charge in [-0.15, -0.1) is 0 Å². The predicted octanol–water partition coefficient (Wildman–Crippen LogP) is 1.76. The first-order valence-electron chi connectivity index (χ1n) is 6.17. The van der Waals surface area contributed by atoms with E-state index in [9.17, 15) is 4.79 Å². The van der Waals surface area contributed by atoms with Crippen LogP contribution in [0.15, 0.2) is 18.3 Å². The Bertz CT molecular complexity index is 380. The third-order valence-corrected chi connectivity index (χ3v) is 2.36. The van der Waals surface area contributed by atoms with Gasteiger partial charge in [0.05, 0.1) is 6.61 Å². The highest BCUT2D eigenvalue weighted by atomic mass is 16.5. The molecule has 1 heterocycles. The van der Waals surface area contributed by atoms with Crippen LogP contribution in [0.1, 0.15) is 19.8 Å². The molecule has 1 aromatic heterocycles. The van der Waals surface area contributed by atoms with Crippen LogP contribution < -0.4 is 10.1 Å². The van der Waals surface area contributed by atoms with Gasteiger partial charge in [-0.05, 0) is 18.6 Å². The molecule has 18 heavy (non-hydrogen) atoms. The molecule has 0 saturated carbocycles. The molecule has 0 aliphatic rings. The van der Waals surface area contributed by atoms with Crippen molar-refractivity contribution < 1.29 is 9.53 Å². The molecular weight excluding hydrogens is 230 g/mol. The summed E-state index contributed by atoms with van der Waals surface area (Å²) in [7, 11) is 3.50. The second kappa shape index (κ2) is 7.53. The first kappa shape index (κ1) is 14.3. The van der Waals surface area contributed by atoms with Crippen molar-refractivity contribution in [2.45, 2.75) is 19.8 Å². The molecule has 1 amide bonds. The van der Waals surface area contributed by atoms with Crippen LogP contribution in [0.3, 0.4) is 0 Å². The number of nitrogens with zero attached hydrogens (tertiary/aromatic N) is 2. The molecule has 1 aromatic rings. The van der Waals surface area contributed by atoms with Crippen LogP contribution in [0.2, 0.25) is 0 Å². The number of hydrogen-bond donors (Lipinski definition) is 1. The van der Waals surface area contributed by atoms with Gasteiger partial charge >= 0.3 is 0 Å². The quantitative estimate of drug-likeness (QED) is 0.802. The van der Waals surface area contributed by atoms with Gasteiger partial charge in [0, 0.05) is 33.3 Å². The molecule has 0 spiro atoms. The van der Waals surface area contributed by atoms with E-state index >= 15 is 0 Å². The molecule has 0 unspecified atom stereocenters. The van der Waals surface area contributed by atoms with Gasteiger partial charge in [0.2, 0.25) is 5.91 Å². The highest BCUT2D eigenvalue weighted by Crippen LogP contribution is 2.20. The normalized spacial score (nSPS) is 9.94. The molecule has 5 heteroatoms. The summed E-state index contributed by atoms with van der Waals surface area (Å²) < 4.78 is 5.57. The van der Waals surface area contributed by atoms with Crippen molar-refractivity contribution in [1.82, 2.24) is 9.88 Å². The SMILES string of the molecule is CCCOc1cccnc1NCCC(=O)N(C)C. The molecule has 0 fully saturated rings. The second-order valence-corrected chi connectivity index (χ2v) is 4.16. The Kier molecular flexibility index (Phi) is 5.97. The van der Waals surface area contributed by atoms with Crippen LogP contribution >= 0.6 is 0 Å². The van der Waals surface area contributed by atoms with Gasteiger partial charge < -0.3 is 15.0 Å². The number of carbonyl (C=O) groups excluding carboxylic acids is 1. The van der Waals surface area contributed by atoms with Crippen molar-refractivity contribution in [2.24, 2.45) is 0 Å². The standard InChI is InChI=1S/C13H21N3O2/c1-4-10-18-11-6-5-8-14-13(11)15-9-7-12(17)16(2)3/h5-6,8H,4,7,9-10H2,1-3H3,(H,14,15). The van der Waals surface area contributed by atoms with Crippen LogP contribution in [0, 0.1) is 0 Å². The van der Waals surface area contributed by atoms with Crippen molar-refractivity contribution in [1.29, 1.82) is 0 Å². The summed E-state index contributed by atoms with van der Waals surface area (Å²) in [5.41, 5.74) is 0. The van der Waals surface area contributed by atoms with Crippen LogP contribution in [0.25, 0.3) is 0 Å². The maximum atomic E-state index is 11.4. The van der Waals surface area contributed by atoms with Crippen LogP contribution in [-0.4, -0.2) is 43.0 Å². The van der Waals surface area contributed by atoms with Crippen LogP contribution in [-0.2, 0) is 4.79 Å². The van der Waals surface area contributed by atoms with E-state index in [2.05, 4.69) is 17.2 Å². The summed E-state index contributed by atoms with van der Waals surface area (Å²) in [6.07, 6.45) is 3.10. The van der Waals surface area contributed by atoms with E-state index in [0.29, 0.717) is 25.4 Å². The van der Waals surface area contributed by atoms with Crippen molar-refractivity contribution >= 4 is 11.7 Å². The zero-order chi connectivity index (χ0) is 13.4. The molecule has 100 valence electrons. The molecule has 1 rings (SSSR count). The molecule has 0 aliphatic heterocycles. The minimum Gasteiger partial charge on any atom is -0.490 e. The minimum absolute atomic E-state index is 0.0921. The van der Waals surface area contributed by atoms with Gasteiger partial charge in [0.25, 0.3) is 0 Å². The Morgan fingerprint density at radius 1 is 1.50 bits per heavy atom. The Hall–Kier alpha value is -1.78. The zero-order valence-corrected chi connectivity index (χ0v) is 11.3. The number of aromatic nitrogens is 1. The van der Waals surface area contributed by atoms with E-state index in [-0.39, 0.29) is 5.91 Å². The first-order chi connectivity index (χ1) is 8.65. The van der Waals surface area contributed by atoms with Crippen molar-refractivity contribution in [2.75, 3.05) is 32.6 Å². The van der Waals surface area contributed by atoms with E-state index in [1.165, 1.54) is 0 Å². The van der Waals surface area contributed by atoms with E-state index < -0.39 is 0 Å². The smallest absolute Gasteiger partial charge is 0.223 e. The summed E-state index contributed by atoms with van der Waals surface area (Å²) >= 11 is 0. The number of hydrogen-bond acceptors (Lipinski definition) is 4. The fourth-order valence-corrected chi connectivity index (χ4v) is 1.36. The molecule has 5 nitrogen and oxygen atoms in total. The van der Waals surface area contributed by atoms with Gasteiger partial charge in [-0.1, -0.05) is 6.92 Å². The second-order valence-electron chi connectivity index (χ2n) is 4.16. The lowest BCUT2D eigenvalue weighted by molar-refractivity contribution is -0.128. The molecule has 0 saturated heterocycles. The third kappa shape index (κ3) is 4.61. The largest absolute Gasteiger partial charge is 0.490 e. The Morgan fingerprint density at radius 2 is 2.28 bits per heavy atom. The number of pyridine rings is 1. The number of ether oxygens (including phenoxy) is 1. The summed E-state index contributed by atoms with van der Waals surface area (Å²) in [5, 5.41) is 3.12. The number of amides is 1. The van der Waals surface area contributed by atoms with Crippen molar-refractivity contribution in [3.8, 4) is 5.75 Å². The molecule has 0 aliphatic carbocycles. The summed E-state index contributed by atoms with van der Waals surface area (Å²) in [6.45, 7) is 3.27. The number of nitrogens with one attached hydrogen (secondary N) is 1. The highest BCUT2D eigenvalue weighted by Gasteiger charge is 2.06. The van der Waals surface area contributed by atoms with Crippen LogP contribution in [0.5, 0.6) is 5.75 Å². The Morgan fingerprint density at radius 3 is 2.94 bits per heavy atom. The van der Waals surface area contributed by atoms with Gasteiger partial charge in [-0.2, -0.15) is 0 Å². The summed E-state index contributed by atoms with van der Waals surface area (Å²) in [5.74, 6) is 1.52. The highest BCUT2D eigenvalue weighted by molar-refractivity contribution is 5.76.